The van der Waals surface area contributed by atoms with E-state index >= 15 is 0 Å². The summed E-state index contributed by atoms with van der Waals surface area (Å²) in [4.78, 5) is 26.7. The molecule has 2 aromatic rings. The van der Waals surface area contributed by atoms with Crippen LogP contribution in [-0.4, -0.2) is 39.6 Å². The second-order valence-electron chi connectivity index (χ2n) is 7.33. The van der Waals surface area contributed by atoms with Gasteiger partial charge >= 0.3 is 0 Å². The minimum atomic E-state index is -0.467. The molecule has 0 fully saturated rings. The molecule has 156 valence electrons. The van der Waals surface area contributed by atoms with Crippen LogP contribution in [-0.2, 0) is 24.2 Å². The number of amides is 2. The number of fused-ring (bicyclic) bond motifs is 1. The maximum Gasteiger partial charge on any atom is 0.280 e. The highest BCUT2D eigenvalue weighted by Crippen LogP contribution is 2.37. The first-order valence-corrected chi connectivity index (χ1v) is 10.5. The van der Waals surface area contributed by atoms with Gasteiger partial charge in [0.2, 0.25) is 0 Å². The molecule has 0 radical (unpaired) electrons. The molecule has 1 unspecified atom stereocenters. The molecular formula is C21H28N3O4S+. The van der Waals surface area contributed by atoms with Crippen LogP contribution in [0, 0.1) is 0 Å². The van der Waals surface area contributed by atoms with Gasteiger partial charge in [-0.2, -0.15) is 0 Å². The molecule has 0 bridgehead atoms. The van der Waals surface area contributed by atoms with Crippen LogP contribution in [0.2, 0.25) is 0 Å². The SMILES string of the molecule is COc1ccc(C[NH+](C)CC(=O)Nc2sc3c(c2C(N)=O)CCCC3)cc1OC. The van der Waals surface area contributed by atoms with Gasteiger partial charge in [0.1, 0.15) is 11.5 Å². The first-order chi connectivity index (χ1) is 13.9. The number of ether oxygens (including phenoxy) is 2. The van der Waals surface area contributed by atoms with Gasteiger partial charge in [-0.15, -0.1) is 11.3 Å². The van der Waals surface area contributed by atoms with Crippen LogP contribution in [0.3, 0.4) is 0 Å². The number of benzene rings is 1. The second-order valence-corrected chi connectivity index (χ2v) is 8.43. The fourth-order valence-corrected chi connectivity index (χ4v) is 5.07. The number of primary amides is 1. The van der Waals surface area contributed by atoms with Crippen molar-refractivity contribution in [1.29, 1.82) is 0 Å². The van der Waals surface area contributed by atoms with Crippen molar-refractivity contribution in [2.45, 2.75) is 32.2 Å². The molecular weight excluding hydrogens is 390 g/mol. The summed E-state index contributed by atoms with van der Waals surface area (Å²) in [5, 5.41) is 3.51. The summed E-state index contributed by atoms with van der Waals surface area (Å²) < 4.78 is 10.6. The quantitative estimate of drug-likeness (QED) is 0.604. The Morgan fingerprint density at radius 3 is 2.59 bits per heavy atom. The van der Waals surface area contributed by atoms with E-state index in [1.54, 1.807) is 14.2 Å². The number of likely N-dealkylation sites (N-methyl/N-ethyl adjacent to an activating group) is 1. The third-order valence-corrected chi connectivity index (χ3v) is 6.29. The summed E-state index contributed by atoms with van der Waals surface area (Å²) in [5.41, 5.74) is 8.16. The van der Waals surface area contributed by atoms with E-state index < -0.39 is 5.91 Å². The fraction of sp³-hybridized carbons (Fsp3) is 0.429. The molecule has 1 aliphatic carbocycles. The standard InChI is InChI=1S/C21H27N3O4S/c1-24(11-13-8-9-15(27-2)16(10-13)28-3)12-18(25)23-21-19(20(22)26)14-6-4-5-7-17(14)29-21/h8-10H,4-7,11-12H2,1-3H3,(H2,22,26)(H,23,25)/p+1. The zero-order valence-electron chi connectivity index (χ0n) is 17.1. The lowest BCUT2D eigenvalue weighted by atomic mass is 9.95. The molecule has 0 saturated carbocycles. The number of methoxy groups -OCH3 is 2. The Balaban J connectivity index is 1.65. The summed E-state index contributed by atoms with van der Waals surface area (Å²) in [7, 11) is 5.15. The van der Waals surface area contributed by atoms with E-state index in [0.717, 1.165) is 41.7 Å². The predicted octanol–water partition coefficient (Wildman–Crippen LogP) is 1.40. The molecule has 4 N–H and O–H groups in total. The smallest absolute Gasteiger partial charge is 0.280 e. The van der Waals surface area contributed by atoms with E-state index in [1.807, 2.05) is 25.2 Å². The molecule has 1 aromatic carbocycles. The molecule has 29 heavy (non-hydrogen) atoms. The Hall–Kier alpha value is -2.58. The summed E-state index contributed by atoms with van der Waals surface area (Å²) in [6.45, 7) is 0.923. The molecule has 1 aromatic heterocycles. The number of hydrogen-bond donors (Lipinski definition) is 3. The Morgan fingerprint density at radius 2 is 1.90 bits per heavy atom. The first kappa shape index (κ1) is 21.1. The lowest BCUT2D eigenvalue weighted by molar-refractivity contribution is -0.885. The zero-order chi connectivity index (χ0) is 21.0. The van der Waals surface area contributed by atoms with E-state index in [1.165, 1.54) is 16.2 Å². The fourth-order valence-electron chi connectivity index (χ4n) is 3.76. The van der Waals surface area contributed by atoms with Crippen LogP contribution >= 0.6 is 11.3 Å². The minimum absolute atomic E-state index is 0.135. The van der Waals surface area contributed by atoms with Gasteiger partial charge in [-0.05, 0) is 49.4 Å². The van der Waals surface area contributed by atoms with Crippen LogP contribution in [0.15, 0.2) is 18.2 Å². The van der Waals surface area contributed by atoms with Gasteiger partial charge < -0.3 is 25.4 Å². The van der Waals surface area contributed by atoms with E-state index in [2.05, 4.69) is 5.32 Å². The van der Waals surface area contributed by atoms with E-state index in [-0.39, 0.29) is 12.5 Å². The molecule has 8 heteroatoms. The Bertz CT molecular complexity index is 910. The predicted molar refractivity (Wildman–Crippen MR) is 113 cm³/mol. The topological polar surface area (TPSA) is 95.1 Å². The normalized spacial score (nSPS) is 14.0. The molecule has 2 amide bonds. The van der Waals surface area contributed by atoms with Gasteiger partial charge in [-0.1, -0.05) is 0 Å². The average molecular weight is 419 g/mol. The summed E-state index contributed by atoms with van der Waals surface area (Å²) in [6.07, 6.45) is 3.96. The second kappa shape index (κ2) is 9.28. The van der Waals surface area contributed by atoms with Crippen molar-refractivity contribution < 1.29 is 24.0 Å². The molecule has 7 nitrogen and oxygen atoms in total. The molecule has 0 spiro atoms. The average Bonchev–Trinajstić information content (AvgIpc) is 3.05. The molecule has 3 rings (SSSR count). The van der Waals surface area contributed by atoms with Crippen LogP contribution in [0.5, 0.6) is 11.5 Å². The van der Waals surface area contributed by atoms with Crippen molar-refractivity contribution in [2.75, 3.05) is 33.1 Å². The Morgan fingerprint density at radius 1 is 1.17 bits per heavy atom. The summed E-state index contributed by atoms with van der Waals surface area (Å²) in [5.74, 6) is 0.736. The van der Waals surface area contributed by atoms with Crippen LogP contribution in [0.25, 0.3) is 0 Å². The first-order valence-electron chi connectivity index (χ1n) is 9.69. The lowest BCUT2D eigenvalue weighted by Crippen LogP contribution is -3.08. The van der Waals surface area contributed by atoms with Crippen LogP contribution < -0.4 is 25.4 Å². The Kier molecular flexibility index (Phi) is 6.76. The molecule has 0 saturated heterocycles. The zero-order valence-corrected chi connectivity index (χ0v) is 17.9. The molecule has 1 atom stereocenters. The van der Waals surface area contributed by atoms with E-state index in [0.29, 0.717) is 28.6 Å². The summed E-state index contributed by atoms with van der Waals surface area (Å²) >= 11 is 1.49. The van der Waals surface area contributed by atoms with Gasteiger partial charge in [0.15, 0.2) is 18.0 Å². The van der Waals surface area contributed by atoms with E-state index in [9.17, 15) is 9.59 Å². The van der Waals surface area contributed by atoms with Crippen molar-refractivity contribution >= 4 is 28.2 Å². The van der Waals surface area contributed by atoms with Crippen molar-refractivity contribution in [3.05, 3.63) is 39.8 Å². The maximum atomic E-state index is 12.6. The minimum Gasteiger partial charge on any atom is -0.493 e. The summed E-state index contributed by atoms with van der Waals surface area (Å²) in [6, 6.07) is 5.73. The number of quaternary nitrogens is 1. The largest absolute Gasteiger partial charge is 0.493 e. The monoisotopic (exact) mass is 418 g/mol. The number of hydrogen-bond acceptors (Lipinski definition) is 5. The number of aryl methyl sites for hydroxylation is 1. The third kappa shape index (κ3) is 4.89. The number of anilines is 1. The number of carbonyl (C=O) groups excluding carboxylic acids is 2. The van der Waals surface area contributed by atoms with Gasteiger partial charge in [0, 0.05) is 10.4 Å². The van der Waals surface area contributed by atoms with Gasteiger partial charge in [0.05, 0.1) is 26.8 Å². The lowest BCUT2D eigenvalue weighted by Gasteiger charge is -2.15. The number of nitrogens with one attached hydrogen (secondary N) is 2. The van der Waals surface area contributed by atoms with Gasteiger partial charge in [0.25, 0.3) is 11.8 Å². The van der Waals surface area contributed by atoms with Crippen LogP contribution in [0.4, 0.5) is 5.00 Å². The van der Waals surface area contributed by atoms with Gasteiger partial charge in [-0.25, -0.2) is 0 Å². The highest BCUT2D eigenvalue weighted by Gasteiger charge is 2.25. The van der Waals surface area contributed by atoms with Crippen molar-refractivity contribution in [1.82, 2.24) is 0 Å². The highest BCUT2D eigenvalue weighted by molar-refractivity contribution is 7.17. The van der Waals surface area contributed by atoms with Crippen molar-refractivity contribution in [3.63, 3.8) is 0 Å². The van der Waals surface area contributed by atoms with Gasteiger partial charge in [-0.3, -0.25) is 9.59 Å². The number of rotatable bonds is 8. The highest BCUT2D eigenvalue weighted by atomic mass is 32.1. The third-order valence-electron chi connectivity index (χ3n) is 5.09. The maximum absolute atomic E-state index is 12.6. The number of carbonyl (C=O) groups is 2. The van der Waals surface area contributed by atoms with Crippen LogP contribution in [0.1, 0.15) is 39.2 Å². The van der Waals surface area contributed by atoms with Crippen molar-refractivity contribution in [3.8, 4) is 11.5 Å². The molecule has 0 aliphatic heterocycles. The van der Waals surface area contributed by atoms with E-state index in [4.69, 9.17) is 15.2 Å². The molecule has 1 aliphatic rings. The molecule has 1 heterocycles. The Labute approximate surface area is 174 Å². The number of nitrogens with two attached hydrogens (primary N) is 1. The van der Waals surface area contributed by atoms with Crippen molar-refractivity contribution in [2.24, 2.45) is 5.73 Å². The number of thiophene rings is 1.